The first-order chi connectivity index (χ1) is 11.3. The molecule has 1 N–H and O–H groups in total. The van der Waals surface area contributed by atoms with E-state index in [1.54, 1.807) is 18.2 Å². The van der Waals surface area contributed by atoms with E-state index in [9.17, 15) is 24.6 Å². The molecule has 0 aromatic heterocycles. The molecule has 2 atom stereocenters. The van der Waals surface area contributed by atoms with Crippen LogP contribution in [-0.4, -0.2) is 46.9 Å². The van der Waals surface area contributed by atoms with Gasteiger partial charge in [-0.25, -0.2) is 0 Å². The Morgan fingerprint density at radius 1 is 1.08 bits per heavy atom. The molecule has 0 bridgehead atoms. The van der Waals surface area contributed by atoms with Gasteiger partial charge in [0.15, 0.2) is 0 Å². The zero-order valence-electron chi connectivity index (χ0n) is 15.1. The fourth-order valence-electron chi connectivity index (χ4n) is 1.94. The summed E-state index contributed by atoms with van der Waals surface area (Å²) in [6.07, 6.45) is 3.59. The second-order valence-electron chi connectivity index (χ2n) is 5.45. The summed E-state index contributed by atoms with van der Waals surface area (Å²) in [6, 6.07) is 7.15. The summed E-state index contributed by atoms with van der Waals surface area (Å²) < 4.78 is 0. The molecule has 0 aliphatic heterocycles. The largest absolute Gasteiger partial charge is 2.00 e. The third-order valence-electron chi connectivity index (χ3n) is 3.49. The number of carboxylic acids is 2. The summed E-state index contributed by atoms with van der Waals surface area (Å²) in [5, 5.41) is 23.0. The normalized spacial score (nSPS) is 11.8. The summed E-state index contributed by atoms with van der Waals surface area (Å²) in [5.74, 6) is -2.63. The quantitative estimate of drug-likeness (QED) is 0.663. The van der Waals surface area contributed by atoms with Gasteiger partial charge in [0.25, 0.3) is 0 Å². The Morgan fingerprint density at radius 2 is 1.64 bits per heavy atom. The number of aliphatic carboxylic acids is 1. The molecule has 0 saturated carbocycles. The maximum Gasteiger partial charge on any atom is 2.00 e. The van der Waals surface area contributed by atoms with E-state index < -0.39 is 18.0 Å². The Labute approximate surface area is 165 Å². The maximum atomic E-state index is 11.6. The molecule has 0 heterocycles. The van der Waals surface area contributed by atoms with Crippen molar-refractivity contribution in [3.05, 3.63) is 35.9 Å². The summed E-state index contributed by atoms with van der Waals surface area (Å²) in [6.45, 7) is 5.41. The number of carbonyl (C=O) groups is 3. The van der Waals surface area contributed by atoms with Gasteiger partial charge in [-0.05, 0) is 25.3 Å². The van der Waals surface area contributed by atoms with Gasteiger partial charge in [0, 0.05) is 5.92 Å². The number of unbranched alkanes of at least 4 members (excludes halogenated alkanes) is 1. The summed E-state index contributed by atoms with van der Waals surface area (Å²) in [5.41, 5.74) is 0.220. The maximum absolute atomic E-state index is 11.6. The standard InChI is InChI=1S/C11H21NO3.C7H6O2.Mg/c1-4-6-7-9(5-2)10(13)12-8(3)11(14)15;8-7(9)6-4-2-1-3-5-6;/h8-9H,4-7H2,1-3H3,(H,12,13)(H,14,15);1-5H,(H,8,9);/q;;+2/p-2. The van der Waals surface area contributed by atoms with Crippen LogP contribution >= 0.6 is 0 Å². The van der Waals surface area contributed by atoms with E-state index in [1.165, 1.54) is 19.1 Å². The van der Waals surface area contributed by atoms with Crippen molar-refractivity contribution in [2.75, 3.05) is 0 Å². The van der Waals surface area contributed by atoms with Gasteiger partial charge in [-0.3, -0.25) is 4.79 Å². The van der Waals surface area contributed by atoms with Crippen LogP contribution in [0.25, 0.3) is 0 Å². The third-order valence-corrected chi connectivity index (χ3v) is 3.49. The molecule has 0 radical (unpaired) electrons. The molecule has 0 aliphatic carbocycles. The van der Waals surface area contributed by atoms with Crippen LogP contribution < -0.4 is 15.5 Å². The fraction of sp³-hybridized carbons (Fsp3) is 0.500. The van der Waals surface area contributed by atoms with E-state index in [-0.39, 0.29) is 40.4 Å². The van der Waals surface area contributed by atoms with Gasteiger partial charge in [0.2, 0.25) is 5.91 Å². The Kier molecular flexibility index (Phi) is 15.1. The Morgan fingerprint density at radius 3 is 2.00 bits per heavy atom. The van der Waals surface area contributed by atoms with E-state index in [2.05, 4.69) is 12.2 Å². The van der Waals surface area contributed by atoms with Gasteiger partial charge in [-0.1, -0.05) is 57.0 Å². The average molecular weight is 360 g/mol. The van der Waals surface area contributed by atoms with Crippen LogP contribution in [0.2, 0.25) is 0 Å². The van der Waals surface area contributed by atoms with Gasteiger partial charge in [0.1, 0.15) is 0 Å². The van der Waals surface area contributed by atoms with Gasteiger partial charge in [-0.15, -0.1) is 0 Å². The van der Waals surface area contributed by atoms with Gasteiger partial charge in [0.05, 0.1) is 18.0 Å². The molecule has 1 rings (SSSR count). The average Bonchev–Trinajstić information content (AvgIpc) is 2.56. The number of rotatable bonds is 8. The Hall–Kier alpha value is -1.60. The van der Waals surface area contributed by atoms with Crippen LogP contribution in [0.3, 0.4) is 0 Å². The van der Waals surface area contributed by atoms with E-state index in [1.807, 2.05) is 6.92 Å². The molecule has 0 fully saturated rings. The van der Waals surface area contributed by atoms with Gasteiger partial charge in [-0.2, -0.15) is 0 Å². The van der Waals surface area contributed by atoms with Crippen LogP contribution in [0.4, 0.5) is 0 Å². The van der Waals surface area contributed by atoms with Gasteiger partial charge < -0.3 is 25.1 Å². The van der Waals surface area contributed by atoms with E-state index in [4.69, 9.17) is 0 Å². The molecule has 0 saturated heterocycles. The molecule has 134 valence electrons. The monoisotopic (exact) mass is 359 g/mol. The zero-order chi connectivity index (χ0) is 18.5. The topological polar surface area (TPSA) is 109 Å². The van der Waals surface area contributed by atoms with Crippen molar-refractivity contribution in [3.8, 4) is 0 Å². The SMILES string of the molecule is CCCCC(CC)C(=O)NC(C)C(=O)[O-].O=C([O-])c1ccccc1.[Mg+2]. The first-order valence-electron chi connectivity index (χ1n) is 8.11. The van der Waals surface area contributed by atoms with Crippen molar-refractivity contribution >= 4 is 40.9 Å². The number of nitrogens with one attached hydrogen (secondary N) is 1. The van der Waals surface area contributed by atoms with Crippen molar-refractivity contribution in [1.29, 1.82) is 0 Å². The minimum atomic E-state index is -1.24. The molecular formula is C18H25MgNO5. The van der Waals surface area contributed by atoms with Crippen LogP contribution in [0.5, 0.6) is 0 Å². The summed E-state index contributed by atoms with van der Waals surface area (Å²) in [4.78, 5) is 32.1. The Bertz CT molecular complexity index is 521. The predicted octanol–water partition coefficient (Wildman–Crippen LogP) is 0.127. The van der Waals surface area contributed by atoms with Gasteiger partial charge >= 0.3 is 23.1 Å². The van der Waals surface area contributed by atoms with Crippen molar-refractivity contribution in [2.24, 2.45) is 5.92 Å². The molecule has 0 aliphatic rings. The number of benzene rings is 1. The van der Waals surface area contributed by atoms with E-state index in [0.717, 1.165) is 25.7 Å². The zero-order valence-corrected chi connectivity index (χ0v) is 16.5. The van der Waals surface area contributed by atoms with Crippen LogP contribution in [0.15, 0.2) is 30.3 Å². The molecule has 7 heteroatoms. The molecular weight excluding hydrogens is 335 g/mol. The van der Waals surface area contributed by atoms with Crippen LogP contribution in [0, 0.1) is 5.92 Å². The minimum absolute atomic E-state index is 0. The molecule has 1 amide bonds. The Balaban J connectivity index is 0. The minimum Gasteiger partial charge on any atom is -0.548 e. The molecule has 1 aromatic carbocycles. The van der Waals surface area contributed by atoms with Crippen molar-refractivity contribution in [2.45, 2.75) is 52.5 Å². The number of carboxylic acid groups (broad SMARTS) is 2. The predicted molar refractivity (Wildman–Crippen MR) is 92.4 cm³/mol. The van der Waals surface area contributed by atoms with E-state index >= 15 is 0 Å². The first kappa shape index (κ1) is 25.6. The number of amides is 1. The first-order valence-corrected chi connectivity index (χ1v) is 8.11. The van der Waals surface area contributed by atoms with E-state index in [0.29, 0.717) is 0 Å². The van der Waals surface area contributed by atoms with Crippen molar-refractivity contribution < 1.29 is 24.6 Å². The van der Waals surface area contributed by atoms with Crippen molar-refractivity contribution in [1.82, 2.24) is 5.32 Å². The smallest absolute Gasteiger partial charge is 0.548 e. The number of aromatic carboxylic acids is 1. The third kappa shape index (κ3) is 11.6. The van der Waals surface area contributed by atoms with Crippen LogP contribution in [0.1, 0.15) is 56.8 Å². The summed E-state index contributed by atoms with van der Waals surface area (Å²) >= 11 is 0. The van der Waals surface area contributed by atoms with Crippen LogP contribution in [-0.2, 0) is 9.59 Å². The molecule has 6 nitrogen and oxygen atoms in total. The molecule has 25 heavy (non-hydrogen) atoms. The second-order valence-corrected chi connectivity index (χ2v) is 5.45. The molecule has 1 aromatic rings. The number of hydrogen-bond donors (Lipinski definition) is 1. The summed E-state index contributed by atoms with van der Waals surface area (Å²) in [7, 11) is 0. The number of hydrogen-bond acceptors (Lipinski definition) is 5. The molecule has 2 unspecified atom stereocenters. The number of carbonyl (C=O) groups excluding carboxylic acids is 3. The fourth-order valence-corrected chi connectivity index (χ4v) is 1.94. The second kappa shape index (κ2) is 14.7. The molecule has 0 spiro atoms. The van der Waals surface area contributed by atoms with Crippen molar-refractivity contribution in [3.63, 3.8) is 0 Å².